The zero-order valence-corrected chi connectivity index (χ0v) is 65.6. The molecule has 0 aliphatic carbocycles. The molecule has 0 aromatic carbocycles. The molecule has 0 aliphatic rings. The van der Waals surface area contributed by atoms with Gasteiger partial charge >= 0.3 is 39.5 Å². The van der Waals surface area contributed by atoms with E-state index in [4.69, 9.17) is 37.0 Å². The Morgan fingerprint density at radius 3 is 0.762 bits per heavy atom. The molecule has 0 aromatic rings. The van der Waals surface area contributed by atoms with Gasteiger partial charge in [0.1, 0.15) is 19.3 Å². The number of hydrogen-bond donors (Lipinski definition) is 3. The van der Waals surface area contributed by atoms with E-state index in [1.165, 1.54) is 103 Å². The minimum atomic E-state index is -4.99. The summed E-state index contributed by atoms with van der Waals surface area (Å²) in [5.41, 5.74) is 0. The molecular formula is C82H144O17P2. The Bertz CT molecular complexity index is 2290. The van der Waals surface area contributed by atoms with Crippen molar-refractivity contribution in [2.45, 2.75) is 361 Å². The molecule has 0 fully saturated rings. The number of carbonyl (C=O) groups is 4. The summed E-state index contributed by atoms with van der Waals surface area (Å²) in [5.74, 6) is -2.24. The molecule has 0 saturated carbocycles. The van der Waals surface area contributed by atoms with Gasteiger partial charge in [0.15, 0.2) is 12.2 Å². The lowest BCUT2D eigenvalue weighted by molar-refractivity contribution is -0.161. The van der Waals surface area contributed by atoms with E-state index in [9.17, 15) is 43.2 Å². The van der Waals surface area contributed by atoms with Crippen molar-refractivity contribution in [3.63, 3.8) is 0 Å². The second kappa shape index (κ2) is 74.3. The number of esters is 4. The van der Waals surface area contributed by atoms with Crippen LogP contribution in [0, 0.1) is 0 Å². The normalized spacial score (nSPS) is 14.4. The van der Waals surface area contributed by atoms with Gasteiger partial charge in [0, 0.05) is 25.7 Å². The lowest BCUT2D eigenvalue weighted by Crippen LogP contribution is -2.30. The zero-order valence-electron chi connectivity index (χ0n) is 63.8. The van der Waals surface area contributed by atoms with E-state index in [0.29, 0.717) is 25.7 Å². The Hall–Kier alpha value is -4.02. The molecule has 0 amide bonds. The fourth-order valence-corrected chi connectivity index (χ4v) is 12.1. The minimum absolute atomic E-state index is 0.0689. The van der Waals surface area contributed by atoms with Crippen molar-refractivity contribution in [1.82, 2.24) is 0 Å². The third kappa shape index (κ3) is 74.1. The smallest absolute Gasteiger partial charge is 0.462 e. The first-order valence-corrected chi connectivity index (χ1v) is 43.0. The quantitative estimate of drug-likeness (QED) is 0.0169. The van der Waals surface area contributed by atoms with Gasteiger partial charge in [-0.15, -0.1) is 0 Å². The highest BCUT2D eigenvalue weighted by atomic mass is 31.2. The van der Waals surface area contributed by atoms with Crippen LogP contribution in [0.15, 0.2) is 97.2 Å². The summed E-state index contributed by atoms with van der Waals surface area (Å²) >= 11 is 0. The Kier molecular flexibility index (Phi) is 71.3. The molecule has 0 aliphatic heterocycles. The van der Waals surface area contributed by atoms with Crippen molar-refractivity contribution >= 4 is 39.5 Å². The summed E-state index contributed by atoms with van der Waals surface area (Å²) < 4.78 is 68.5. The van der Waals surface area contributed by atoms with Crippen LogP contribution in [-0.2, 0) is 65.4 Å². The van der Waals surface area contributed by atoms with Crippen molar-refractivity contribution < 1.29 is 80.2 Å². The molecule has 101 heavy (non-hydrogen) atoms. The summed E-state index contributed by atoms with van der Waals surface area (Å²) in [4.78, 5) is 73.0. The molecule has 0 heterocycles. The van der Waals surface area contributed by atoms with E-state index in [2.05, 4.69) is 125 Å². The van der Waals surface area contributed by atoms with Gasteiger partial charge in [-0.05, 0) is 161 Å². The van der Waals surface area contributed by atoms with Crippen LogP contribution in [0.3, 0.4) is 0 Å². The molecule has 0 radical (unpaired) electrons. The van der Waals surface area contributed by atoms with E-state index in [-0.39, 0.29) is 25.7 Å². The fourth-order valence-electron chi connectivity index (χ4n) is 10.6. The highest BCUT2D eigenvalue weighted by Crippen LogP contribution is 2.45. The topological polar surface area (TPSA) is 237 Å². The Morgan fingerprint density at radius 2 is 0.495 bits per heavy atom. The third-order valence-electron chi connectivity index (χ3n) is 16.7. The SMILES string of the molecule is CCCCCC/C=C\C/C=C\CCCCCCC(=O)OCC(COP(=O)(O)OCC(O)COP(=O)(O)OCC(COC(=O)CCCCCC/C=C\C/C=C/CCCCCC)OC(=O)CCCCCC/C=C\C/C=C\CCCCCC)OC(=O)CCCCCC/C=C\CC/C=C/CCCCCC. The van der Waals surface area contributed by atoms with Crippen molar-refractivity contribution in [2.75, 3.05) is 39.6 Å². The molecule has 5 unspecified atom stereocenters. The molecule has 0 saturated heterocycles. The van der Waals surface area contributed by atoms with Crippen LogP contribution in [0.1, 0.15) is 342 Å². The standard InChI is InChI=1S/C82H144O17P2/c1-5-9-13-17-21-25-29-33-37-41-45-49-53-57-61-65-69-82(87)99-78(73-93-80(85)67-63-59-55-51-47-43-39-35-31-27-23-19-15-11-7-3)75-97-101(90,91)95-71-76(83)70-94-100(88,89)96-74-77(98-81(86)68-64-60-56-52-48-44-40-36-32-28-24-20-16-12-8-4)72-92-79(84)66-62-58-54-50-46-42-38-34-30-26-22-18-14-10-6-2/h25-32,38-45,76-78,83H,5-24,33-37,46-75H2,1-4H3,(H,88,89)(H,90,91)/b29-25+,30-26+,31-27-,32-28-,42-38-,43-39-,44-40-,45-41-. The van der Waals surface area contributed by atoms with E-state index in [1.54, 1.807) is 0 Å². The number of ether oxygens (including phenoxy) is 4. The maximum Gasteiger partial charge on any atom is 0.472 e. The molecule has 19 heteroatoms. The lowest BCUT2D eigenvalue weighted by Gasteiger charge is -2.21. The van der Waals surface area contributed by atoms with Gasteiger partial charge in [-0.2, -0.15) is 0 Å². The van der Waals surface area contributed by atoms with E-state index >= 15 is 0 Å². The molecule has 3 N–H and O–H groups in total. The van der Waals surface area contributed by atoms with Gasteiger partial charge in [0.25, 0.3) is 0 Å². The fraction of sp³-hybridized carbons (Fsp3) is 0.756. The van der Waals surface area contributed by atoms with Crippen LogP contribution in [0.5, 0.6) is 0 Å². The molecule has 0 aromatic heterocycles. The van der Waals surface area contributed by atoms with Gasteiger partial charge in [0.2, 0.25) is 0 Å². The first-order chi connectivity index (χ1) is 49.2. The number of hydrogen-bond acceptors (Lipinski definition) is 15. The second-order valence-corrected chi connectivity index (χ2v) is 29.5. The maximum atomic E-state index is 13.1. The van der Waals surface area contributed by atoms with Gasteiger partial charge in [-0.25, -0.2) is 9.13 Å². The third-order valence-corrected chi connectivity index (χ3v) is 18.6. The molecule has 0 rings (SSSR count). The molecule has 17 nitrogen and oxygen atoms in total. The maximum absolute atomic E-state index is 13.1. The van der Waals surface area contributed by atoms with Crippen LogP contribution >= 0.6 is 15.6 Å². The lowest BCUT2D eigenvalue weighted by atomic mass is 10.1. The van der Waals surface area contributed by atoms with Crippen molar-refractivity contribution in [3.05, 3.63) is 97.2 Å². The van der Waals surface area contributed by atoms with Gasteiger partial charge in [-0.1, -0.05) is 253 Å². The largest absolute Gasteiger partial charge is 0.472 e. The molecule has 5 atom stereocenters. The van der Waals surface area contributed by atoms with E-state index < -0.39 is 97.5 Å². The first-order valence-electron chi connectivity index (χ1n) is 40.0. The zero-order chi connectivity index (χ0) is 73.9. The van der Waals surface area contributed by atoms with E-state index in [0.717, 1.165) is 161 Å². The van der Waals surface area contributed by atoms with E-state index in [1.807, 2.05) is 0 Å². The minimum Gasteiger partial charge on any atom is -0.462 e. The van der Waals surface area contributed by atoms with Gasteiger partial charge in [-0.3, -0.25) is 37.3 Å². The number of phosphoric acid groups is 2. The summed E-state index contributed by atoms with van der Waals surface area (Å²) in [6, 6.07) is 0. The number of phosphoric ester groups is 2. The molecule has 0 bridgehead atoms. The van der Waals surface area contributed by atoms with Crippen molar-refractivity contribution in [2.24, 2.45) is 0 Å². The summed E-state index contributed by atoms with van der Waals surface area (Å²) in [6.45, 7) is 4.76. The van der Waals surface area contributed by atoms with Crippen LogP contribution in [0.4, 0.5) is 0 Å². The summed E-state index contributed by atoms with van der Waals surface area (Å²) in [5, 5.41) is 10.6. The average molecular weight is 1460 g/mol. The Morgan fingerprint density at radius 1 is 0.277 bits per heavy atom. The number of aliphatic hydroxyl groups is 1. The predicted molar refractivity (Wildman–Crippen MR) is 413 cm³/mol. The first kappa shape index (κ1) is 97.0. The predicted octanol–water partition coefficient (Wildman–Crippen LogP) is 23.2. The van der Waals surface area contributed by atoms with Crippen LogP contribution in [-0.4, -0.2) is 96.7 Å². The number of carbonyl (C=O) groups excluding carboxylic acids is 4. The van der Waals surface area contributed by atoms with Gasteiger partial charge in [0.05, 0.1) is 26.4 Å². The molecule has 584 valence electrons. The highest BCUT2D eigenvalue weighted by molar-refractivity contribution is 7.47. The highest BCUT2D eigenvalue weighted by Gasteiger charge is 2.30. The molecule has 0 spiro atoms. The molecular weight excluding hydrogens is 1320 g/mol. The number of unbranched alkanes of at least 4 members (excludes halogenated alkanes) is 33. The van der Waals surface area contributed by atoms with Crippen molar-refractivity contribution in [1.29, 1.82) is 0 Å². The number of aliphatic hydroxyl groups excluding tert-OH is 1. The average Bonchev–Trinajstić information content (AvgIpc) is 0.937. The van der Waals surface area contributed by atoms with Crippen molar-refractivity contribution in [3.8, 4) is 0 Å². The Balaban J connectivity index is 5.41. The summed E-state index contributed by atoms with van der Waals surface area (Å²) in [7, 11) is -9.97. The van der Waals surface area contributed by atoms with Crippen LogP contribution < -0.4 is 0 Å². The van der Waals surface area contributed by atoms with Gasteiger partial charge < -0.3 is 33.8 Å². The second-order valence-electron chi connectivity index (χ2n) is 26.6. The van der Waals surface area contributed by atoms with Crippen LogP contribution in [0.25, 0.3) is 0 Å². The monoisotopic (exact) mass is 1460 g/mol. The Labute approximate surface area is 614 Å². The van der Waals surface area contributed by atoms with Crippen LogP contribution in [0.2, 0.25) is 0 Å². The summed E-state index contributed by atoms with van der Waals surface area (Å²) in [6.07, 6.45) is 78.1. The number of rotatable bonds is 75. The number of allylic oxidation sites excluding steroid dienone is 16.